The van der Waals surface area contributed by atoms with E-state index in [0.717, 1.165) is 22.4 Å². The predicted molar refractivity (Wildman–Crippen MR) is 120 cm³/mol. The van der Waals surface area contributed by atoms with Gasteiger partial charge in [-0.25, -0.2) is 4.98 Å². The molecule has 1 heterocycles. The number of nitrogens with one attached hydrogen (secondary N) is 1. The first kappa shape index (κ1) is 19.3. The Kier molecular flexibility index (Phi) is 5.52. The summed E-state index contributed by atoms with van der Waals surface area (Å²) in [5.41, 5.74) is 3.72. The molecule has 5 heteroatoms. The second kappa shape index (κ2) is 8.57. The molecule has 1 N–H and O–H groups in total. The summed E-state index contributed by atoms with van der Waals surface area (Å²) in [5, 5.41) is 3.17. The van der Waals surface area contributed by atoms with E-state index >= 15 is 0 Å². The van der Waals surface area contributed by atoms with E-state index in [9.17, 15) is 9.59 Å². The van der Waals surface area contributed by atoms with Crippen molar-refractivity contribution in [3.05, 3.63) is 101 Å². The number of Topliss-reactive ketones (excluding diaryl/α,β-unsaturated/α-hetero) is 1. The van der Waals surface area contributed by atoms with Gasteiger partial charge in [0.1, 0.15) is 17.3 Å². The average molecular weight is 395 g/mol. The minimum absolute atomic E-state index is 0.0321. The van der Waals surface area contributed by atoms with E-state index in [0.29, 0.717) is 11.5 Å². The molecule has 0 spiro atoms. The number of hydrogen-bond acceptors (Lipinski definition) is 4. The minimum Gasteiger partial charge on any atom is -0.350 e. The van der Waals surface area contributed by atoms with Crippen LogP contribution in [0.15, 0.2) is 95.9 Å². The maximum absolute atomic E-state index is 13.2. The number of carbonyl (C=O) groups excluding carboxylic acids is 1. The summed E-state index contributed by atoms with van der Waals surface area (Å²) in [6.07, 6.45) is 1.52. The summed E-state index contributed by atoms with van der Waals surface area (Å²) in [4.78, 5) is 29.5. The van der Waals surface area contributed by atoms with E-state index in [1.807, 2.05) is 84.9 Å². The quantitative estimate of drug-likeness (QED) is 0.504. The summed E-state index contributed by atoms with van der Waals surface area (Å²) < 4.78 is 1.42. The van der Waals surface area contributed by atoms with Gasteiger partial charge in [0.15, 0.2) is 0 Å². The molecule has 0 bridgehead atoms. The third-order valence-electron chi connectivity index (χ3n) is 4.71. The zero-order valence-electron chi connectivity index (χ0n) is 16.6. The van der Waals surface area contributed by atoms with Crippen molar-refractivity contribution in [1.29, 1.82) is 0 Å². The lowest BCUT2D eigenvalue weighted by molar-refractivity contribution is -0.117. The SMILES string of the molecule is CC(=O)Cn1c(-c2ccccc2)ncc(Nc2cccc(-c3ccccc3)c2)c1=O. The van der Waals surface area contributed by atoms with E-state index < -0.39 is 0 Å². The van der Waals surface area contributed by atoms with Crippen LogP contribution in [0.4, 0.5) is 11.4 Å². The third-order valence-corrected chi connectivity index (χ3v) is 4.71. The molecule has 5 nitrogen and oxygen atoms in total. The van der Waals surface area contributed by atoms with Crippen LogP contribution in [0.5, 0.6) is 0 Å². The number of carbonyl (C=O) groups is 1. The fraction of sp³-hybridized carbons (Fsp3) is 0.0800. The van der Waals surface area contributed by atoms with E-state index in [1.54, 1.807) is 0 Å². The predicted octanol–water partition coefficient (Wildman–Crippen LogP) is 4.91. The largest absolute Gasteiger partial charge is 0.350 e. The molecule has 1 aromatic heterocycles. The molecular weight excluding hydrogens is 374 g/mol. The van der Waals surface area contributed by atoms with Gasteiger partial charge in [-0.15, -0.1) is 0 Å². The molecule has 0 aliphatic rings. The number of nitrogens with zero attached hydrogens (tertiary/aromatic N) is 2. The van der Waals surface area contributed by atoms with E-state index in [-0.39, 0.29) is 17.9 Å². The van der Waals surface area contributed by atoms with Crippen LogP contribution < -0.4 is 10.9 Å². The molecule has 0 radical (unpaired) electrons. The van der Waals surface area contributed by atoms with E-state index in [2.05, 4.69) is 10.3 Å². The van der Waals surface area contributed by atoms with Crippen molar-refractivity contribution in [2.45, 2.75) is 13.5 Å². The van der Waals surface area contributed by atoms with Gasteiger partial charge in [0.2, 0.25) is 0 Å². The first-order valence-corrected chi connectivity index (χ1v) is 9.69. The van der Waals surface area contributed by atoms with Crippen LogP contribution in [0.25, 0.3) is 22.5 Å². The number of ketones is 1. The molecule has 0 amide bonds. The second-order valence-corrected chi connectivity index (χ2v) is 7.03. The van der Waals surface area contributed by atoms with Gasteiger partial charge < -0.3 is 5.32 Å². The first-order chi connectivity index (χ1) is 14.6. The van der Waals surface area contributed by atoms with Crippen LogP contribution in [-0.4, -0.2) is 15.3 Å². The van der Waals surface area contributed by atoms with Gasteiger partial charge in [-0.05, 0) is 30.2 Å². The third kappa shape index (κ3) is 4.20. The van der Waals surface area contributed by atoms with Crippen molar-refractivity contribution in [1.82, 2.24) is 9.55 Å². The Labute approximate surface area is 174 Å². The Morgan fingerprint density at radius 1 is 0.867 bits per heavy atom. The highest BCUT2D eigenvalue weighted by Gasteiger charge is 2.14. The fourth-order valence-corrected chi connectivity index (χ4v) is 3.33. The van der Waals surface area contributed by atoms with Crippen LogP contribution in [0.2, 0.25) is 0 Å². The van der Waals surface area contributed by atoms with Crippen molar-refractivity contribution in [2.24, 2.45) is 0 Å². The maximum atomic E-state index is 13.2. The minimum atomic E-state index is -0.288. The monoisotopic (exact) mass is 395 g/mol. The molecule has 3 aromatic carbocycles. The molecule has 0 aliphatic heterocycles. The van der Waals surface area contributed by atoms with Gasteiger partial charge >= 0.3 is 0 Å². The van der Waals surface area contributed by atoms with Gasteiger partial charge in [-0.2, -0.15) is 0 Å². The molecule has 0 fully saturated rings. The first-order valence-electron chi connectivity index (χ1n) is 9.69. The van der Waals surface area contributed by atoms with Crippen molar-refractivity contribution < 1.29 is 4.79 Å². The molecule has 30 heavy (non-hydrogen) atoms. The number of rotatable bonds is 6. The summed E-state index contributed by atoms with van der Waals surface area (Å²) in [7, 11) is 0. The lowest BCUT2D eigenvalue weighted by atomic mass is 10.1. The van der Waals surface area contributed by atoms with Crippen molar-refractivity contribution in [2.75, 3.05) is 5.32 Å². The van der Waals surface area contributed by atoms with Gasteiger partial charge in [0, 0.05) is 11.3 Å². The van der Waals surface area contributed by atoms with Crippen molar-refractivity contribution in [3.63, 3.8) is 0 Å². The maximum Gasteiger partial charge on any atom is 0.277 e. The summed E-state index contributed by atoms with van der Waals surface area (Å²) in [6, 6.07) is 27.2. The van der Waals surface area contributed by atoms with Crippen molar-refractivity contribution >= 4 is 17.2 Å². The van der Waals surface area contributed by atoms with Gasteiger partial charge in [0.25, 0.3) is 5.56 Å². The molecule has 0 saturated heterocycles. The van der Waals surface area contributed by atoms with Crippen LogP contribution in [-0.2, 0) is 11.3 Å². The number of aromatic nitrogens is 2. The van der Waals surface area contributed by atoms with Gasteiger partial charge in [0.05, 0.1) is 12.7 Å². The zero-order chi connectivity index (χ0) is 20.9. The molecule has 0 atom stereocenters. The molecule has 4 aromatic rings. The Morgan fingerprint density at radius 3 is 2.17 bits per heavy atom. The number of hydrogen-bond donors (Lipinski definition) is 1. The zero-order valence-corrected chi connectivity index (χ0v) is 16.6. The highest BCUT2D eigenvalue weighted by Crippen LogP contribution is 2.24. The Morgan fingerprint density at radius 2 is 1.50 bits per heavy atom. The Bertz CT molecular complexity index is 1230. The summed E-state index contributed by atoms with van der Waals surface area (Å²) >= 11 is 0. The van der Waals surface area contributed by atoms with E-state index in [4.69, 9.17) is 0 Å². The van der Waals surface area contributed by atoms with E-state index in [1.165, 1.54) is 17.7 Å². The number of benzene rings is 3. The molecule has 0 aliphatic carbocycles. The number of anilines is 2. The summed E-state index contributed by atoms with van der Waals surface area (Å²) in [5.74, 6) is 0.360. The van der Waals surface area contributed by atoms with Crippen LogP contribution in [0.3, 0.4) is 0 Å². The average Bonchev–Trinajstić information content (AvgIpc) is 2.78. The van der Waals surface area contributed by atoms with Crippen LogP contribution in [0, 0.1) is 0 Å². The molecule has 0 unspecified atom stereocenters. The highest BCUT2D eigenvalue weighted by atomic mass is 16.1. The van der Waals surface area contributed by atoms with Crippen LogP contribution in [0.1, 0.15) is 6.92 Å². The highest BCUT2D eigenvalue weighted by molar-refractivity contribution is 5.76. The standard InChI is InChI=1S/C25H21N3O2/c1-18(29)17-28-24(20-11-6-3-7-12-20)26-16-23(25(28)30)27-22-14-8-13-21(15-22)19-9-4-2-5-10-19/h2-16,27H,17H2,1H3. The van der Waals surface area contributed by atoms with Gasteiger partial charge in [-0.1, -0.05) is 72.8 Å². The lowest BCUT2D eigenvalue weighted by Crippen LogP contribution is -2.27. The Hall–Kier alpha value is -3.99. The topological polar surface area (TPSA) is 64.0 Å². The molecular formula is C25H21N3O2. The molecule has 4 rings (SSSR count). The second-order valence-electron chi connectivity index (χ2n) is 7.03. The van der Waals surface area contributed by atoms with Crippen LogP contribution >= 0.6 is 0 Å². The fourth-order valence-electron chi connectivity index (χ4n) is 3.33. The summed E-state index contributed by atoms with van der Waals surface area (Å²) in [6.45, 7) is 1.43. The molecule has 148 valence electrons. The smallest absolute Gasteiger partial charge is 0.277 e. The van der Waals surface area contributed by atoms with Gasteiger partial charge in [-0.3, -0.25) is 14.2 Å². The Balaban J connectivity index is 1.72. The normalized spacial score (nSPS) is 10.6. The van der Waals surface area contributed by atoms with Crippen molar-refractivity contribution in [3.8, 4) is 22.5 Å². The lowest BCUT2D eigenvalue weighted by Gasteiger charge is -2.14. The molecule has 0 saturated carbocycles.